The molecular weight excluding hydrogens is 530 g/mol. The van der Waals surface area contributed by atoms with E-state index in [0.717, 1.165) is 24.1 Å². The maximum atomic E-state index is 12.5. The van der Waals surface area contributed by atoms with Crippen molar-refractivity contribution in [2.75, 3.05) is 19.7 Å². The molecule has 0 aliphatic carbocycles. The molecule has 1 fully saturated rings. The highest BCUT2D eigenvalue weighted by Gasteiger charge is 2.29. The van der Waals surface area contributed by atoms with E-state index < -0.39 is 5.60 Å². The fourth-order valence-electron chi connectivity index (χ4n) is 4.44. The number of amides is 1. The Morgan fingerprint density at radius 1 is 1.24 bits per heavy atom. The van der Waals surface area contributed by atoms with Gasteiger partial charge in [0, 0.05) is 30.2 Å². The van der Waals surface area contributed by atoms with E-state index in [9.17, 15) is 9.59 Å². The molecule has 1 amide bonds. The first-order chi connectivity index (χ1) is 18.1. The zero-order valence-electron chi connectivity index (χ0n) is 21.5. The lowest BCUT2D eigenvalue weighted by atomic mass is 10.0. The molecule has 200 valence electrons. The molecule has 1 aliphatic heterocycles. The quantitative estimate of drug-likeness (QED) is 0.309. The van der Waals surface area contributed by atoms with Gasteiger partial charge in [-0.05, 0) is 64.2 Å². The first kappa shape index (κ1) is 26.1. The maximum Gasteiger partial charge on any atom is 0.410 e. The number of carbonyl (C=O) groups excluding carboxylic acids is 2. The van der Waals surface area contributed by atoms with Crippen molar-refractivity contribution in [2.45, 2.75) is 52.2 Å². The van der Waals surface area contributed by atoms with E-state index in [2.05, 4.69) is 19.8 Å². The monoisotopic (exact) mass is 557 g/mol. The minimum absolute atomic E-state index is 0.101. The van der Waals surface area contributed by atoms with Crippen molar-refractivity contribution in [2.24, 2.45) is 0 Å². The number of hydrogen-bond donors (Lipinski definition) is 0. The molecule has 1 saturated heterocycles. The van der Waals surface area contributed by atoms with Crippen molar-refractivity contribution in [1.82, 2.24) is 33.9 Å². The summed E-state index contributed by atoms with van der Waals surface area (Å²) in [5, 5.41) is 15.4. The molecule has 0 aromatic carbocycles. The number of likely N-dealkylation sites (tertiary alicyclic amines) is 1. The second-order valence-corrected chi connectivity index (χ2v) is 11.2. The van der Waals surface area contributed by atoms with Crippen molar-refractivity contribution in [3.05, 3.63) is 46.3 Å². The Hall–Kier alpha value is -3.51. The molecule has 0 unspecified atom stereocenters. The number of carbonyl (C=O) groups is 2. The third-order valence-electron chi connectivity index (χ3n) is 6.28. The Morgan fingerprint density at radius 2 is 2.00 bits per heavy atom. The number of ether oxygens (including phenoxy) is 2. The smallest absolute Gasteiger partial charge is 0.410 e. The van der Waals surface area contributed by atoms with E-state index in [1.165, 1.54) is 17.7 Å². The molecule has 0 N–H and O–H groups in total. The second kappa shape index (κ2) is 10.3. The number of fused-ring (bicyclic) bond motifs is 1. The van der Waals surface area contributed by atoms with Crippen LogP contribution in [0.15, 0.2) is 29.9 Å². The third-order valence-corrected chi connectivity index (χ3v) is 7.11. The highest BCUT2D eigenvalue weighted by Crippen LogP contribution is 2.34. The molecule has 11 nitrogen and oxygen atoms in total. The Balaban J connectivity index is 1.35. The van der Waals surface area contributed by atoms with Crippen molar-refractivity contribution in [1.29, 1.82) is 0 Å². The van der Waals surface area contributed by atoms with Gasteiger partial charge in [0.25, 0.3) is 0 Å². The fraction of sp³-hybridized carbons (Fsp3) is 0.440. The SMILES string of the molecule is Cc1c(-c2cc(OCC(=O)c3ccsn3)c3c(Cl)cnn3c2)nnn1C1CCN(C(=O)OC(C)(C)C)CC1. The first-order valence-electron chi connectivity index (χ1n) is 12.2. The van der Waals surface area contributed by atoms with Crippen LogP contribution in [0.5, 0.6) is 5.75 Å². The van der Waals surface area contributed by atoms with E-state index in [-0.39, 0.29) is 24.5 Å². The van der Waals surface area contributed by atoms with Crippen molar-refractivity contribution >= 4 is 40.5 Å². The Bertz CT molecular complexity index is 1470. The number of rotatable bonds is 6. The molecule has 0 atom stereocenters. The molecule has 38 heavy (non-hydrogen) atoms. The van der Waals surface area contributed by atoms with Crippen LogP contribution in [-0.2, 0) is 4.74 Å². The van der Waals surface area contributed by atoms with Crippen LogP contribution in [0.25, 0.3) is 16.8 Å². The summed E-state index contributed by atoms with van der Waals surface area (Å²) in [6, 6.07) is 3.56. The van der Waals surface area contributed by atoms with Gasteiger partial charge in [-0.15, -0.1) is 5.10 Å². The average molecular weight is 558 g/mol. The van der Waals surface area contributed by atoms with Crippen molar-refractivity contribution in [3.63, 3.8) is 0 Å². The van der Waals surface area contributed by atoms with Crippen LogP contribution >= 0.6 is 23.1 Å². The molecule has 4 aromatic heterocycles. The summed E-state index contributed by atoms with van der Waals surface area (Å²) in [6.07, 6.45) is 4.52. The number of hydrogen-bond acceptors (Lipinski definition) is 9. The Labute approximate surface area is 228 Å². The number of Topliss-reactive ketones (excluding diaryl/α,β-unsaturated/α-hetero) is 1. The summed E-state index contributed by atoms with van der Waals surface area (Å²) in [5.41, 5.74) is 2.66. The van der Waals surface area contributed by atoms with Crippen LogP contribution in [0.3, 0.4) is 0 Å². The largest absolute Gasteiger partial charge is 0.483 e. The van der Waals surface area contributed by atoms with Gasteiger partial charge >= 0.3 is 6.09 Å². The van der Waals surface area contributed by atoms with Gasteiger partial charge in [-0.3, -0.25) is 4.79 Å². The van der Waals surface area contributed by atoms with E-state index in [0.29, 0.717) is 40.8 Å². The minimum atomic E-state index is -0.526. The Morgan fingerprint density at radius 3 is 2.68 bits per heavy atom. The van der Waals surface area contributed by atoms with Crippen molar-refractivity contribution in [3.8, 4) is 17.0 Å². The number of piperidine rings is 1. The lowest BCUT2D eigenvalue weighted by molar-refractivity contribution is 0.0183. The minimum Gasteiger partial charge on any atom is -0.483 e. The predicted molar refractivity (Wildman–Crippen MR) is 142 cm³/mol. The normalized spacial score (nSPS) is 14.7. The van der Waals surface area contributed by atoms with Gasteiger partial charge in [0.15, 0.2) is 6.61 Å². The lowest BCUT2D eigenvalue weighted by Gasteiger charge is -2.33. The third kappa shape index (κ3) is 5.37. The van der Waals surface area contributed by atoms with Gasteiger partial charge in [0.2, 0.25) is 5.78 Å². The van der Waals surface area contributed by atoms with Gasteiger partial charge in [-0.2, -0.15) is 9.47 Å². The van der Waals surface area contributed by atoms with Gasteiger partial charge in [0.05, 0.1) is 23.0 Å². The number of halogens is 1. The van der Waals surface area contributed by atoms with Gasteiger partial charge in [-0.25, -0.2) is 14.0 Å². The summed E-state index contributed by atoms with van der Waals surface area (Å²) >= 11 is 7.58. The maximum absolute atomic E-state index is 12.5. The highest BCUT2D eigenvalue weighted by atomic mass is 35.5. The Kier molecular flexibility index (Phi) is 7.10. The fourth-order valence-corrected chi connectivity index (χ4v) is 5.19. The number of ketones is 1. The van der Waals surface area contributed by atoms with E-state index >= 15 is 0 Å². The van der Waals surface area contributed by atoms with Gasteiger partial charge < -0.3 is 14.4 Å². The summed E-state index contributed by atoms with van der Waals surface area (Å²) in [7, 11) is 0. The van der Waals surface area contributed by atoms with Crippen molar-refractivity contribution < 1.29 is 19.1 Å². The topological polar surface area (TPSA) is 117 Å². The van der Waals surface area contributed by atoms with Crippen LogP contribution in [0.2, 0.25) is 5.02 Å². The molecule has 0 radical (unpaired) electrons. The summed E-state index contributed by atoms with van der Waals surface area (Å²) < 4.78 is 19.0. The molecular formula is C25H28ClN7O4S. The second-order valence-electron chi connectivity index (χ2n) is 10.1. The molecule has 0 spiro atoms. The summed E-state index contributed by atoms with van der Waals surface area (Å²) in [4.78, 5) is 26.6. The average Bonchev–Trinajstić information content (AvgIpc) is 3.62. The predicted octanol–water partition coefficient (Wildman–Crippen LogP) is 4.84. The first-order valence-corrected chi connectivity index (χ1v) is 13.5. The molecule has 13 heteroatoms. The zero-order chi connectivity index (χ0) is 27.0. The number of aromatic nitrogens is 6. The molecule has 5 heterocycles. The number of nitrogens with zero attached hydrogens (tertiary/aromatic N) is 7. The van der Waals surface area contributed by atoms with Crippen LogP contribution in [0.1, 0.15) is 55.8 Å². The molecule has 4 aromatic rings. The van der Waals surface area contributed by atoms with E-state index in [4.69, 9.17) is 21.1 Å². The molecule has 5 rings (SSSR count). The standard InChI is InChI=1S/C25H28ClN7O4S/c1-15-22(28-30-33(15)17-5-8-31(9-6-17)24(35)37-25(2,3)4)16-11-21(23-18(26)12-27-32(23)13-16)36-14-20(34)19-7-10-38-29-19/h7,10-13,17H,5-6,8-9,14H2,1-4H3. The van der Waals surface area contributed by atoms with Gasteiger partial charge in [0.1, 0.15) is 28.3 Å². The molecule has 0 bridgehead atoms. The van der Waals surface area contributed by atoms with Gasteiger partial charge in [-0.1, -0.05) is 16.8 Å². The molecule has 0 saturated carbocycles. The van der Waals surface area contributed by atoms with Crippen LogP contribution in [0, 0.1) is 6.92 Å². The van der Waals surface area contributed by atoms with Crippen LogP contribution in [-0.4, -0.2) is 71.1 Å². The zero-order valence-corrected chi connectivity index (χ0v) is 23.1. The van der Waals surface area contributed by atoms with Crippen LogP contribution in [0.4, 0.5) is 4.79 Å². The summed E-state index contributed by atoms with van der Waals surface area (Å²) in [6.45, 7) is 8.52. The number of pyridine rings is 1. The molecule has 1 aliphatic rings. The van der Waals surface area contributed by atoms with E-state index in [1.807, 2.05) is 38.6 Å². The summed E-state index contributed by atoms with van der Waals surface area (Å²) in [5.74, 6) is 0.179. The van der Waals surface area contributed by atoms with Crippen LogP contribution < -0.4 is 4.74 Å². The lowest BCUT2D eigenvalue weighted by Crippen LogP contribution is -2.42. The van der Waals surface area contributed by atoms with E-state index in [1.54, 1.807) is 26.9 Å². The highest BCUT2D eigenvalue weighted by molar-refractivity contribution is 7.03.